The second-order valence-electron chi connectivity index (χ2n) is 2.41. The van der Waals surface area contributed by atoms with Crippen LogP contribution in [0.1, 0.15) is 24.7 Å². The average molecular weight is 149 g/mol. The predicted molar refractivity (Wildman–Crippen MR) is 41.9 cm³/mol. The minimum Gasteiger partial charge on any atom is -0.348 e. The third-order valence-electron chi connectivity index (χ3n) is 1.55. The Morgan fingerprint density at radius 1 is 1.73 bits per heavy atom. The molecule has 0 aliphatic carbocycles. The van der Waals surface area contributed by atoms with Crippen molar-refractivity contribution >= 4 is 0 Å². The highest BCUT2D eigenvalue weighted by Crippen LogP contribution is 2.05. The Labute approximate surface area is 66.1 Å². The van der Waals surface area contributed by atoms with Crippen molar-refractivity contribution in [1.29, 1.82) is 5.26 Å². The number of nitrogens with zero attached hydrogens (tertiary/aromatic N) is 2. The van der Waals surface area contributed by atoms with E-state index < -0.39 is 0 Å². The molecule has 1 N–H and O–H groups in total. The summed E-state index contributed by atoms with van der Waals surface area (Å²) < 4.78 is 0. The summed E-state index contributed by atoms with van der Waals surface area (Å²) in [6.07, 6.45) is 4.13. The number of aromatic nitrogens is 2. The maximum Gasteiger partial charge on any atom is 0.0925 e. The number of imidazole rings is 1. The second kappa shape index (κ2) is 3.77. The smallest absolute Gasteiger partial charge is 0.0925 e. The largest absolute Gasteiger partial charge is 0.348 e. The van der Waals surface area contributed by atoms with Gasteiger partial charge in [0.15, 0.2) is 0 Å². The van der Waals surface area contributed by atoms with Crippen molar-refractivity contribution < 1.29 is 0 Å². The fourth-order valence-corrected chi connectivity index (χ4v) is 1.04. The summed E-state index contributed by atoms with van der Waals surface area (Å²) in [7, 11) is 0. The van der Waals surface area contributed by atoms with Gasteiger partial charge in [-0.25, -0.2) is 4.98 Å². The van der Waals surface area contributed by atoms with Gasteiger partial charge in [0.2, 0.25) is 0 Å². The summed E-state index contributed by atoms with van der Waals surface area (Å²) in [6.45, 7) is 2.11. The van der Waals surface area contributed by atoms with Crippen LogP contribution in [0.4, 0.5) is 0 Å². The van der Waals surface area contributed by atoms with E-state index in [1.807, 2.05) is 0 Å². The van der Waals surface area contributed by atoms with Crippen molar-refractivity contribution in [3.63, 3.8) is 0 Å². The highest BCUT2D eigenvalue weighted by Gasteiger charge is 2.02. The molecule has 0 aromatic carbocycles. The summed E-state index contributed by atoms with van der Waals surface area (Å²) in [5, 5.41) is 8.43. The molecule has 0 spiro atoms. The zero-order valence-electron chi connectivity index (χ0n) is 6.59. The van der Waals surface area contributed by atoms with Crippen molar-refractivity contribution in [3.8, 4) is 6.07 Å². The van der Waals surface area contributed by atoms with E-state index in [9.17, 15) is 0 Å². The summed E-state index contributed by atoms with van der Waals surface area (Å²) in [5.41, 5.74) is 2.00. The zero-order valence-corrected chi connectivity index (χ0v) is 6.59. The van der Waals surface area contributed by atoms with Crippen molar-refractivity contribution in [1.82, 2.24) is 9.97 Å². The Morgan fingerprint density at radius 3 is 3.18 bits per heavy atom. The maximum absolute atomic E-state index is 8.43. The Balaban J connectivity index is 2.71. The van der Waals surface area contributed by atoms with E-state index in [1.165, 1.54) is 0 Å². The van der Waals surface area contributed by atoms with Crippen LogP contribution in [0.3, 0.4) is 0 Å². The van der Waals surface area contributed by atoms with Crippen LogP contribution < -0.4 is 0 Å². The standard InChI is InChI=1S/C8H11N3/c1-2-3-7-8(4-5-9)11-6-10-7/h6H,2-4H2,1H3,(H,10,11). The number of rotatable bonds is 3. The van der Waals surface area contributed by atoms with Gasteiger partial charge in [-0.2, -0.15) is 5.26 Å². The average Bonchev–Trinajstić information content (AvgIpc) is 2.39. The normalized spacial score (nSPS) is 9.45. The van der Waals surface area contributed by atoms with Crippen molar-refractivity contribution in [2.45, 2.75) is 26.2 Å². The molecule has 0 atom stereocenters. The summed E-state index contributed by atoms with van der Waals surface area (Å²) in [4.78, 5) is 7.08. The lowest BCUT2D eigenvalue weighted by Gasteiger charge is -1.94. The highest BCUT2D eigenvalue weighted by atomic mass is 14.9. The predicted octanol–water partition coefficient (Wildman–Crippen LogP) is 1.43. The van der Waals surface area contributed by atoms with Crippen molar-refractivity contribution in [3.05, 3.63) is 17.7 Å². The molecular weight excluding hydrogens is 138 g/mol. The molecule has 0 saturated heterocycles. The first kappa shape index (κ1) is 7.80. The molecule has 0 aliphatic heterocycles. The molecule has 11 heavy (non-hydrogen) atoms. The molecule has 3 heteroatoms. The van der Waals surface area contributed by atoms with Crippen LogP contribution in [-0.4, -0.2) is 9.97 Å². The molecule has 1 rings (SSSR count). The molecule has 58 valence electrons. The van der Waals surface area contributed by atoms with Crippen LogP contribution in [0.15, 0.2) is 6.33 Å². The van der Waals surface area contributed by atoms with Gasteiger partial charge in [-0.3, -0.25) is 0 Å². The Morgan fingerprint density at radius 2 is 2.55 bits per heavy atom. The summed E-state index contributed by atoms with van der Waals surface area (Å²) >= 11 is 0. The van der Waals surface area contributed by atoms with Gasteiger partial charge < -0.3 is 4.98 Å². The van der Waals surface area contributed by atoms with Crippen LogP contribution in [0.25, 0.3) is 0 Å². The molecule has 0 unspecified atom stereocenters. The van der Waals surface area contributed by atoms with Gasteiger partial charge in [-0.15, -0.1) is 0 Å². The topological polar surface area (TPSA) is 52.5 Å². The van der Waals surface area contributed by atoms with Crippen LogP contribution in [-0.2, 0) is 12.8 Å². The molecule has 0 fully saturated rings. The quantitative estimate of drug-likeness (QED) is 0.706. The van der Waals surface area contributed by atoms with Crippen LogP contribution in [0.5, 0.6) is 0 Å². The monoisotopic (exact) mass is 149 g/mol. The maximum atomic E-state index is 8.43. The summed E-state index contributed by atoms with van der Waals surface area (Å²) in [5.74, 6) is 0. The molecule has 1 aromatic rings. The first-order valence-electron chi connectivity index (χ1n) is 3.76. The summed E-state index contributed by atoms with van der Waals surface area (Å²) in [6, 6.07) is 2.09. The third kappa shape index (κ3) is 1.81. The van der Waals surface area contributed by atoms with E-state index in [0.29, 0.717) is 6.42 Å². The molecule has 1 aromatic heterocycles. The van der Waals surface area contributed by atoms with E-state index in [0.717, 1.165) is 24.2 Å². The Hall–Kier alpha value is -1.30. The first-order valence-corrected chi connectivity index (χ1v) is 3.76. The number of nitriles is 1. The number of hydrogen-bond acceptors (Lipinski definition) is 2. The first-order chi connectivity index (χ1) is 5.38. The van der Waals surface area contributed by atoms with Gasteiger partial charge in [0, 0.05) is 5.69 Å². The molecule has 0 amide bonds. The molecule has 0 radical (unpaired) electrons. The molecule has 3 nitrogen and oxygen atoms in total. The fourth-order valence-electron chi connectivity index (χ4n) is 1.04. The van der Waals surface area contributed by atoms with Crippen LogP contribution >= 0.6 is 0 Å². The fraction of sp³-hybridized carbons (Fsp3) is 0.500. The van der Waals surface area contributed by atoms with Gasteiger partial charge in [0.05, 0.1) is 24.5 Å². The lowest BCUT2D eigenvalue weighted by Crippen LogP contribution is -1.90. The minimum atomic E-state index is 0.416. The van der Waals surface area contributed by atoms with Gasteiger partial charge in [-0.05, 0) is 6.42 Å². The number of hydrogen-bond donors (Lipinski definition) is 1. The van der Waals surface area contributed by atoms with E-state index in [2.05, 4.69) is 23.0 Å². The van der Waals surface area contributed by atoms with Crippen LogP contribution in [0, 0.1) is 11.3 Å². The van der Waals surface area contributed by atoms with E-state index >= 15 is 0 Å². The molecular formula is C8H11N3. The van der Waals surface area contributed by atoms with E-state index in [4.69, 9.17) is 5.26 Å². The minimum absolute atomic E-state index is 0.416. The van der Waals surface area contributed by atoms with Gasteiger partial charge in [-0.1, -0.05) is 13.3 Å². The van der Waals surface area contributed by atoms with Crippen molar-refractivity contribution in [2.75, 3.05) is 0 Å². The Kier molecular flexibility index (Phi) is 2.67. The zero-order chi connectivity index (χ0) is 8.10. The van der Waals surface area contributed by atoms with Crippen LogP contribution in [0.2, 0.25) is 0 Å². The van der Waals surface area contributed by atoms with Crippen molar-refractivity contribution in [2.24, 2.45) is 0 Å². The molecule has 0 aliphatic rings. The van der Waals surface area contributed by atoms with E-state index in [1.54, 1.807) is 6.33 Å². The van der Waals surface area contributed by atoms with Gasteiger partial charge >= 0.3 is 0 Å². The number of H-pyrrole nitrogens is 1. The van der Waals surface area contributed by atoms with Gasteiger partial charge in [0.1, 0.15) is 0 Å². The third-order valence-corrected chi connectivity index (χ3v) is 1.55. The number of aromatic amines is 1. The molecule has 0 saturated carbocycles. The highest BCUT2D eigenvalue weighted by molar-refractivity contribution is 5.14. The van der Waals surface area contributed by atoms with E-state index in [-0.39, 0.29) is 0 Å². The SMILES string of the molecule is CCCc1[nH]cnc1CC#N. The van der Waals surface area contributed by atoms with Gasteiger partial charge in [0.25, 0.3) is 0 Å². The lowest BCUT2D eigenvalue weighted by molar-refractivity contribution is 0.876. The Bertz CT molecular complexity index is 257. The number of aryl methyl sites for hydroxylation is 1. The molecule has 1 heterocycles. The lowest BCUT2D eigenvalue weighted by atomic mass is 10.2. The number of nitrogens with one attached hydrogen (secondary N) is 1. The molecule has 0 bridgehead atoms. The second-order valence-corrected chi connectivity index (χ2v) is 2.41.